The van der Waals surface area contributed by atoms with Gasteiger partial charge in [0.25, 0.3) is 0 Å². The Morgan fingerprint density at radius 1 is 1.31 bits per heavy atom. The summed E-state index contributed by atoms with van der Waals surface area (Å²) in [5.41, 5.74) is 2.92. The number of aromatic nitrogens is 1. The average molecular weight is 214 g/mol. The van der Waals surface area contributed by atoms with E-state index in [0.717, 1.165) is 6.54 Å². The molecule has 0 bridgehead atoms. The highest BCUT2D eigenvalue weighted by atomic mass is 14.9. The van der Waals surface area contributed by atoms with Crippen molar-refractivity contribution in [3.05, 3.63) is 36.0 Å². The van der Waals surface area contributed by atoms with Gasteiger partial charge in [0.15, 0.2) is 0 Å². The third-order valence-corrected chi connectivity index (χ3v) is 3.67. The zero-order valence-electron chi connectivity index (χ0n) is 9.74. The van der Waals surface area contributed by atoms with Crippen LogP contribution < -0.4 is 5.32 Å². The third-order valence-electron chi connectivity index (χ3n) is 3.67. The van der Waals surface area contributed by atoms with E-state index >= 15 is 0 Å². The Labute approximate surface area is 96.3 Å². The van der Waals surface area contributed by atoms with Gasteiger partial charge in [-0.05, 0) is 42.3 Å². The molecule has 1 saturated heterocycles. The van der Waals surface area contributed by atoms with Crippen molar-refractivity contribution < 1.29 is 0 Å². The van der Waals surface area contributed by atoms with Crippen molar-refractivity contribution >= 4 is 10.9 Å². The molecule has 16 heavy (non-hydrogen) atoms. The SMILES string of the molecule is Cn1ccc2cccc(C3CCCNC3)c21. The lowest BCUT2D eigenvalue weighted by atomic mass is 9.90. The summed E-state index contributed by atoms with van der Waals surface area (Å²) in [7, 11) is 2.14. The summed E-state index contributed by atoms with van der Waals surface area (Å²) in [5.74, 6) is 0.686. The second-order valence-corrected chi connectivity index (χ2v) is 4.75. The predicted molar refractivity (Wildman–Crippen MR) is 67.8 cm³/mol. The van der Waals surface area contributed by atoms with Crippen molar-refractivity contribution in [3.63, 3.8) is 0 Å². The quantitative estimate of drug-likeness (QED) is 0.772. The number of aryl methyl sites for hydroxylation is 1. The summed E-state index contributed by atoms with van der Waals surface area (Å²) in [6.07, 6.45) is 4.77. The fourth-order valence-electron chi connectivity index (χ4n) is 2.84. The molecule has 0 aliphatic carbocycles. The lowest BCUT2D eigenvalue weighted by Crippen LogP contribution is -2.28. The first kappa shape index (κ1) is 9.91. The Kier molecular flexibility index (Phi) is 2.44. The van der Waals surface area contributed by atoms with Crippen molar-refractivity contribution in [2.75, 3.05) is 13.1 Å². The van der Waals surface area contributed by atoms with Crippen LogP contribution in [0, 0.1) is 0 Å². The second-order valence-electron chi connectivity index (χ2n) is 4.75. The van der Waals surface area contributed by atoms with E-state index in [9.17, 15) is 0 Å². The lowest BCUT2D eigenvalue weighted by molar-refractivity contribution is 0.463. The molecule has 84 valence electrons. The van der Waals surface area contributed by atoms with Crippen molar-refractivity contribution in [1.82, 2.24) is 9.88 Å². The zero-order chi connectivity index (χ0) is 11.0. The zero-order valence-corrected chi connectivity index (χ0v) is 9.74. The highest BCUT2D eigenvalue weighted by Crippen LogP contribution is 2.30. The third kappa shape index (κ3) is 1.54. The van der Waals surface area contributed by atoms with Gasteiger partial charge in [-0.3, -0.25) is 0 Å². The Balaban J connectivity index is 2.10. The van der Waals surface area contributed by atoms with E-state index in [2.05, 4.69) is 47.4 Å². The van der Waals surface area contributed by atoms with Crippen molar-refractivity contribution in [2.45, 2.75) is 18.8 Å². The first-order chi connectivity index (χ1) is 7.86. The van der Waals surface area contributed by atoms with E-state index < -0.39 is 0 Å². The predicted octanol–water partition coefficient (Wildman–Crippen LogP) is 2.65. The lowest BCUT2D eigenvalue weighted by Gasteiger charge is -2.24. The van der Waals surface area contributed by atoms with Gasteiger partial charge in [0.1, 0.15) is 0 Å². The fourth-order valence-corrected chi connectivity index (χ4v) is 2.84. The summed E-state index contributed by atoms with van der Waals surface area (Å²) in [6, 6.07) is 8.89. The molecule has 1 aliphatic rings. The number of hydrogen-bond acceptors (Lipinski definition) is 1. The molecule has 1 fully saturated rings. The first-order valence-corrected chi connectivity index (χ1v) is 6.11. The largest absolute Gasteiger partial charge is 0.350 e. The topological polar surface area (TPSA) is 17.0 Å². The molecule has 1 aromatic heterocycles. The van der Waals surface area contributed by atoms with Crippen molar-refractivity contribution in [3.8, 4) is 0 Å². The van der Waals surface area contributed by atoms with Gasteiger partial charge in [-0.2, -0.15) is 0 Å². The van der Waals surface area contributed by atoms with E-state index in [4.69, 9.17) is 0 Å². The normalized spacial score (nSPS) is 21.4. The molecule has 2 heterocycles. The fraction of sp³-hybridized carbons (Fsp3) is 0.429. The molecule has 1 N–H and O–H groups in total. The van der Waals surface area contributed by atoms with Crippen LogP contribution in [-0.2, 0) is 7.05 Å². The van der Waals surface area contributed by atoms with Gasteiger partial charge in [-0.25, -0.2) is 0 Å². The monoisotopic (exact) mass is 214 g/mol. The van der Waals surface area contributed by atoms with Crippen molar-refractivity contribution in [2.24, 2.45) is 7.05 Å². The maximum absolute atomic E-state index is 3.50. The summed E-state index contributed by atoms with van der Waals surface area (Å²) in [5, 5.41) is 4.87. The molecule has 1 aromatic carbocycles. The number of nitrogens with zero attached hydrogens (tertiary/aromatic N) is 1. The Bertz CT molecular complexity index is 492. The minimum Gasteiger partial charge on any atom is -0.350 e. The van der Waals surface area contributed by atoms with Gasteiger partial charge in [0.2, 0.25) is 0 Å². The summed E-state index contributed by atoms with van der Waals surface area (Å²) >= 11 is 0. The van der Waals surface area contributed by atoms with Gasteiger partial charge in [-0.15, -0.1) is 0 Å². The molecule has 1 atom stereocenters. The van der Waals surface area contributed by atoms with E-state index in [0.29, 0.717) is 5.92 Å². The minimum absolute atomic E-state index is 0.686. The summed E-state index contributed by atoms with van der Waals surface area (Å²) < 4.78 is 2.25. The molecule has 2 aromatic rings. The van der Waals surface area contributed by atoms with E-state index in [1.807, 2.05) is 0 Å². The number of rotatable bonds is 1. The van der Waals surface area contributed by atoms with Crippen molar-refractivity contribution in [1.29, 1.82) is 0 Å². The number of para-hydroxylation sites is 1. The number of nitrogens with one attached hydrogen (secondary N) is 1. The van der Waals surface area contributed by atoms with E-state index in [-0.39, 0.29) is 0 Å². The van der Waals surface area contributed by atoms with Crippen LogP contribution in [0.5, 0.6) is 0 Å². The summed E-state index contributed by atoms with van der Waals surface area (Å²) in [4.78, 5) is 0. The number of hydrogen-bond donors (Lipinski definition) is 1. The van der Waals surface area contributed by atoms with E-state index in [1.165, 1.54) is 35.9 Å². The van der Waals surface area contributed by atoms with Crippen LogP contribution in [0.3, 0.4) is 0 Å². The Hall–Kier alpha value is -1.28. The highest BCUT2D eigenvalue weighted by Gasteiger charge is 2.18. The number of piperidine rings is 1. The second kappa shape index (κ2) is 3.95. The highest BCUT2D eigenvalue weighted by molar-refractivity contribution is 5.83. The summed E-state index contributed by atoms with van der Waals surface area (Å²) in [6.45, 7) is 2.31. The Morgan fingerprint density at radius 3 is 3.06 bits per heavy atom. The van der Waals surface area contributed by atoms with Gasteiger partial charge in [0, 0.05) is 19.8 Å². The number of benzene rings is 1. The Morgan fingerprint density at radius 2 is 2.25 bits per heavy atom. The van der Waals surface area contributed by atoms with Crippen LogP contribution in [-0.4, -0.2) is 17.7 Å². The molecule has 1 unspecified atom stereocenters. The molecule has 0 radical (unpaired) electrons. The molecule has 2 heteroatoms. The van der Waals surface area contributed by atoms with Crippen LogP contribution >= 0.6 is 0 Å². The average Bonchev–Trinajstić information content (AvgIpc) is 2.73. The minimum atomic E-state index is 0.686. The molecule has 2 nitrogen and oxygen atoms in total. The maximum Gasteiger partial charge on any atom is 0.0513 e. The van der Waals surface area contributed by atoms with Crippen LogP contribution in [0.25, 0.3) is 10.9 Å². The van der Waals surface area contributed by atoms with E-state index in [1.54, 1.807) is 0 Å². The van der Waals surface area contributed by atoms with Crippen LogP contribution in [0.4, 0.5) is 0 Å². The van der Waals surface area contributed by atoms with Crippen LogP contribution in [0.1, 0.15) is 24.3 Å². The maximum atomic E-state index is 3.50. The molecule has 1 aliphatic heterocycles. The number of fused-ring (bicyclic) bond motifs is 1. The molecule has 0 saturated carbocycles. The molecular formula is C14H18N2. The van der Waals surface area contributed by atoms with Crippen LogP contribution in [0.2, 0.25) is 0 Å². The van der Waals surface area contributed by atoms with Gasteiger partial charge < -0.3 is 9.88 Å². The van der Waals surface area contributed by atoms with Gasteiger partial charge >= 0.3 is 0 Å². The molecular weight excluding hydrogens is 196 g/mol. The molecule has 3 rings (SSSR count). The molecule has 0 spiro atoms. The van der Waals surface area contributed by atoms with Crippen LogP contribution in [0.15, 0.2) is 30.5 Å². The van der Waals surface area contributed by atoms with Gasteiger partial charge in [0.05, 0.1) is 5.52 Å². The first-order valence-electron chi connectivity index (χ1n) is 6.11. The standard InChI is InChI=1S/C14H18N2/c1-16-9-7-11-4-2-6-13(14(11)16)12-5-3-8-15-10-12/h2,4,6-7,9,12,15H,3,5,8,10H2,1H3. The smallest absolute Gasteiger partial charge is 0.0513 e. The van der Waals surface area contributed by atoms with Gasteiger partial charge in [-0.1, -0.05) is 18.2 Å². The molecule has 0 amide bonds.